The van der Waals surface area contributed by atoms with E-state index < -0.39 is 0 Å². The van der Waals surface area contributed by atoms with Gasteiger partial charge < -0.3 is 15.2 Å². The van der Waals surface area contributed by atoms with E-state index in [4.69, 9.17) is 10.3 Å². The Morgan fingerprint density at radius 2 is 2.21 bits per heavy atom. The summed E-state index contributed by atoms with van der Waals surface area (Å²) in [5.41, 5.74) is 6.54. The Balaban J connectivity index is 1.93. The van der Waals surface area contributed by atoms with E-state index in [1.165, 1.54) is 0 Å². The van der Waals surface area contributed by atoms with Crippen molar-refractivity contribution in [2.24, 2.45) is 17.6 Å². The van der Waals surface area contributed by atoms with E-state index in [0.717, 1.165) is 31.5 Å². The molecule has 3 N–H and O–H groups in total. The second-order valence-electron chi connectivity index (χ2n) is 5.22. The molecule has 2 aromatic heterocycles. The van der Waals surface area contributed by atoms with Crippen molar-refractivity contribution in [1.29, 1.82) is 0 Å². The second-order valence-corrected chi connectivity index (χ2v) is 5.22. The molecule has 2 heterocycles. The fourth-order valence-electron chi connectivity index (χ4n) is 2.27. The summed E-state index contributed by atoms with van der Waals surface area (Å²) in [6.07, 6.45) is 4.76. The average Bonchev–Trinajstić information content (AvgIpc) is 3.04. The number of hydrogen-bond acceptors (Lipinski definition) is 4. The molecule has 0 spiro atoms. The molecule has 104 valence electrons. The van der Waals surface area contributed by atoms with Gasteiger partial charge in [0.15, 0.2) is 0 Å². The van der Waals surface area contributed by atoms with E-state index in [0.29, 0.717) is 23.6 Å². The molecule has 0 amide bonds. The van der Waals surface area contributed by atoms with Crippen LogP contribution in [0.4, 0.5) is 0 Å². The Labute approximate surface area is 113 Å². The molecule has 5 heteroatoms. The molecule has 0 fully saturated rings. The van der Waals surface area contributed by atoms with Gasteiger partial charge in [-0.15, -0.1) is 0 Å². The third kappa shape index (κ3) is 3.67. The molecule has 1 atom stereocenters. The number of nitrogens with one attached hydrogen (secondary N) is 1. The van der Waals surface area contributed by atoms with Crippen LogP contribution in [-0.4, -0.2) is 21.7 Å². The number of aromatic amines is 1. The maximum absolute atomic E-state index is 5.65. The van der Waals surface area contributed by atoms with Crippen molar-refractivity contribution >= 4 is 0 Å². The van der Waals surface area contributed by atoms with E-state index in [2.05, 4.69) is 29.0 Å². The van der Waals surface area contributed by atoms with Crippen LogP contribution in [-0.2, 0) is 6.42 Å². The molecule has 19 heavy (non-hydrogen) atoms. The van der Waals surface area contributed by atoms with Gasteiger partial charge >= 0.3 is 0 Å². The third-order valence-corrected chi connectivity index (χ3v) is 3.52. The highest BCUT2D eigenvalue weighted by Gasteiger charge is 2.15. The van der Waals surface area contributed by atoms with E-state index in [-0.39, 0.29) is 0 Å². The van der Waals surface area contributed by atoms with Gasteiger partial charge in [-0.3, -0.25) is 0 Å². The summed E-state index contributed by atoms with van der Waals surface area (Å²) in [5.74, 6) is 2.58. The largest absolute Gasteiger partial charge is 0.359 e. The highest BCUT2D eigenvalue weighted by molar-refractivity contribution is 5.47. The van der Waals surface area contributed by atoms with Crippen molar-refractivity contribution in [3.63, 3.8) is 0 Å². The molecular formula is C14H22N4O. The molecule has 0 aromatic carbocycles. The Morgan fingerprint density at radius 3 is 2.84 bits per heavy atom. The number of nitrogens with two attached hydrogens (primary N) is 1. The van der Waals surface area contributed by atoms with Crippen molar-refractivity contribution in [2.45, 2.75) is 33.1 Å². The third-order valence-electron chi connectivity index (χ3n) is 3.52. The molecule has 0 radical (unpaired) electrons. The lowest BCUT2D eigenvalue weighted by Gasteiger charge is -2.18. The van der Waals surface area contributed by atoms with Crippen LogP contribution < -0.4 is 5.73 Å². The predicted molar refractivity (Wildman–Crippen MR) is 74.4 cm³/mol. The zero-order valence-corrected chi connectivity index (χ0v) is 11.6. The Morgan fingerprint density at radius 1 is 1.37 bits per heavy atom. The minimum Gasteiger partial charge on any atom is -0.359 e. The number of aryl methyl sites for hydroxylation is 1. The number of H-pyrrole nitrogens is 1. The minimum absolute atomic E-state index is 0.617. The first-order valence-electron chi connectivity index (χ1n) is 6.87. The molecule has 0 saturated carbocycles. The summed E-state index contributed by atoms with van der Waals surface area (Å²) >= 11 is 0. The molecular weight excluding hydrogens is 240 g/mol. The molecule has 0 aliphatic heterocycles. The highest BCUT2D eigenvalue weighted by Crippen LogP contribution is 2.21. The Hall–Kier alpha value is -1.62. The molecule has 5 nitrogen and oxygen atoms in total. The van der Waals surface area contributed by atoms with Crippen LogP contribution in [0.1, 0.15) is 32.6 Å². The predicted octanol–water partition coefficient (Wildman–Crippen LogP) is 2.62. The van der Waals surface area contributed by atoms with Gasteiger partial charge in [-0.05, 0) is 43.4 Å². The standard InChI is InChI=1S/C14H22N4O/c1-10(2)11(7-8-15)5-6-13-17-14(18-19-13)12-4-3-9-16-12/h3-4,9-11,16H,5-8,15H2,1-2H3. The molecule has 0 aliphatic carbocycles. The van der Waals surface area contributed by atoms with Crippen LogP contribution in [0.15, 0.2) is 22.9 Å². The van der Waals surface area contributed by atoms with Gasteiger partial charge in [0.1, 0.15) is 0 Å². The normalized spacial score (nSPS) is 13.1. The molecule has 2 aromatic rings. The first-order chi connectivity index (χ1) is 9.20. The maximum Gasteiger partial charge on any atom is 0.227 e. The van der Waals surface area contributed by atoms with Crippen molar-refractivity contribution in [3.05, 3.63) is 24.2 Å². The first-order valence-corrected chi connectivity index (χ1v) is 6.87. The lowest BCUT2D eigenvalue weighted by molar-refractivity contribution is 0.313. The monoisotopic (exact) mass is 262 g/mol. The van der Waals surface area contributed by atoms with Crippen LogP contribution in [0.2, 0.25) is 0 Å². The van der Waals surface area contributed by atoms with E-state index in [1.54, 1.807) is 0 Å². The quantitative estimate of drug-likeness (QED) is 0.803. The van der Waals surface area contributed by atoms with Gasteiger partial charge in [0.2, 0.25) is 11.7 Å². The minimum atomic E-state index is 0.617. The van der Waals surface area contributed by atoms with Crippen LogP contribution in [0, 0.1) is 11.8 Å². The van der Waals surface area contributed by atoms with Crippen LogP contribution >= 0.6 is 0 Å². The summed E-state index contributed by atoms with van der Waals surface area (Å²) in [5, 5.41) is 3.99. The van der Waals surface area contributed by atoms with Crippen molar-refractivity contribution < 1.29 is 4.52 Å². The number of hydrogen-bond donors (Lipinski definition) is 2. The van der Waals surface area contributed by atoms with Crippen LogP contribution in [0.3, 0.4) is 0 Å². The second kappa shape index (κ2) is 6.52. The zero-order chi connectivity index (χ0) is 13.7. The topological polar surface area (TPSA) is 80.7 Å². The van der Waals surface area contributed by atoms with Crippen LogP contribution in [0.5, 0.6) is 0 Å². The highest BCUT2D eigenvalue weighted by atomic mass is 16.5. The van der Waals surface area contributed by atoms with Crippen LogP contribution in [0.25, 0.3) is 11.5 Å². The lowest BCUT2D eigenvalue weighted by Crippen LogP contribution is -2.15. The number of aromatic nitrogens is 3. The average molecular weight is 262 g/mol. The van der Waals surface area contributed by atoms with Gasteiger partial charge in [-0.2, -0.15) is 4.98 Å². The zero-order valence-electron chi connectivity index (χ0n) is 11.6. The van der Waals surface area contributed by atoms with Gasteiger partial charge in [-0.1, -0.05) is 19.0 Å². The maximum atomic E-state index is 5.65. The fraction of sp³-hybridized carbons (Fsp3) is 0.571. The lowest BCUT2D eigenvalue weighted by atomic mass is 9.88. The SMILES string of the molecule is CC(C)C(CCN)CCc1nc(-c2ccc[nH]2)no1. The van der Waals surface area contributed by atoms with E-state index >= 15 is 0 Å². The Kier molecular flexibility index (Phi) is 4.74. The number of nitrogens with zero attached hydrogens (tertiary/aromatic N) is 2. The molecule has 0 saturated heterocycles. The van der Waals surface area contributed by atoms with Gasteiger partial charge in [0, 0.05) is 12.6 Å². The van der Waals surface area contributed by atoms with Crippen molar-refractivity contribution in [1.82, 2.24) is 15.1 Å². The molecule has 1 unspecified atom stereocenters. The summed E-state index contributed by atoms with van der Waals surface area (Å²) in [6.45, 7) is 5.21. The molecule has 2 rings (SSSR count). The summed E-state index contributed by atoms with van der Waals surface area (Å²) in [4.78, 5) is 7.47. The van der Waals surface area contributed by atoms with E-state index in [1.807, 2.05) is 18.3 Å². The Bertz CT molecular complexity index is 475. The molecule has 0 aliphatic rings. The summed E-state index contributed by atoms with van der Waals surface area (Å²) in [7, 11) is 0. The fourth-order valence-corrected chi connectivity index (χ4v) is 2.27. The summed E-state index contributed by atoms with van der Waals surface area (Å²) in [6, 6.07) is 3.85. The molecule has 0 bridgehead atoms. The van der Waals surface area contributed by atoms with Crippen molar-refractivity contribution in [3.8, 4) is 11.5 Å². The van der Waals surface area contributed by atoms with Gasteiger partial charge in [-0.25, -0.2) is 0 Å². The first kappa shape index (κ1) is 13.8. The summed E-state index contributed by atoms with van der Waals surface area (Å²) < 4.78 is 5.28. The smallest absolute Gasteiger partial charge is 0.227 e. The van der Waals surface area contributed by atoms with E-state index in [9.17, 15) is 0 Å². The van der Waals surface area contributed by atoms with Gasteiger partial charge in [0.05, 0.1) is 5.69 Å². The van der Waals surface area contributed by atoms with Gasteiger partial charge in [0.25, 0.3) is 0 Å². The number of rotatable bonds is 7. The van der Waals surface area contributed by atoms with Crippen molar-refractivity contribution in [2.75, 3.05) is 6.54 Å².